The molecule has 0 unspecified atom stereocenters. The molecule has 1 aromatic carbocycles. The van der Waals surface area contributed by atoms with Crippen molar-refractivity contribution >= 4 is 5.57 Å². The monoisotopic (exact) mass is 138 g/mol. The maximum absolute atomic E-state index is 3.83. The van der Waals surface area contributed by atoms with Crippen LogP contribution >= 0.6 is 0 Å². The molecule has 0 aliphatic carbocycles. The molecule has 0 fully saturated rings. The minimum Gasteiger partial charge on any atom is -0.269 e. The van der Waals surface area contributed by atoms with Gasteiger partial charge in [-0.25, -0.2) is 0 Å². The van der Waals surface area contributed by atoms with Crippen LogP contribution in [0.2, 0.25) is 0 Å². The van der Waals surface area contributed by atoms with E-state index < -0.39 is 0 Å². The summed E-state index contributed by atoms with van der Waals surface area (Å²) in [4.78, 5) is 0. The second kappa shape index (κ2) is 3.83. The highest BCUT2D eigenvalue weighted by atomic mass is 19.0. The first-order valence-electron chi connectivity index (χ1n) is 3.01. The standard InChI is InChI=1S/C9H10.FH/c1-8(2)9-6-4-3-5-7-9;/h3-7H,1H2,2H3;1H. The molecular weight excluding hydrogens is 127 g/mol. The van der Waals surface area contributed by atoms with Crippen molar-refractivity contribution in [3.8, 4) is 0 Å². The summed E-state index contributed by atoms with van der Waals surface area (Å²) < 4.78 is 0. The van der Waals surface area contributed by atoms with Crippen LogP contribution in [0.3, 0.4) is 0 Å². The molecule has 0 N–H and O–H groups in total. The van der Waals surface area contributed by atoms with Gasteiger partial charge in [-0.05, 0) is 12.5 Å². The molecule has 0 aromatic heterocycles. The van der Waals surface area contributed by atoms with Gasteiger partial charge in [0.05, 0.1) is 0 Å². The van der Waals surface area contributed by atoms with Gasteiger partial charge >= 0.3 is 0 Å². The molecule has 0 saturated carbocycles. The first-order valence-corrected chi connectivity index (χ1v) is 3.01. The zero-order valence-corrected chi connectivity index (χ0v) is 6.00. The van der Waals surface area contributed by atoms with E-state index in [0.29, 0.717) is 0 Å². The lowest BCUT2D eigenvalue weighted by Gasteiger charge is -1.94. The summed E-state index contributed by atoms with van der Waals surface area (Å²) in [5, 5.41) is 0. The molecule has 10 heavy (non-hydrogen) atoms. The van der Waals surface area contributed by atoms with Crippen LogP contribution in [0.15, 0.2) is 36.9 Å². The Labute approximate surface area is 60.6 Å². The lowest BCUT2D eigenvalue weighted by molar-refractivity contribution is 1.11. The van der Waals surface area contributed by atoms with E-state index in [1.807, 2.05) is 25.1 Å². The van der Waals surface area contributed by atoms with E-state index in [-0.39, 0.29) is 4.70 Å². The lowest BCUT2D eigenvalue weighted by Crippen LogP contribution is -1.72. The van der Waals surface area contributed by atoms with E-state index in [1.54, 1.807) is 0 Å². The third-order valence-corrected chi connectivity index (χ3v) is 1.27. The molecule has 54 valence electrons. The highest BCUT2D eigenvalue weighted by molar-refractivity contribution is 5.60. The molecule has 0 radical (unpaired) electrons. The predicted octanol–water partition coefficient (Wildman–Crippen LogP) is 2.87. The molecular formula is C9H11F. The van der Waals surface area contributed by atoms with Crippen molar-refractivity contribution in [1.82, 2.24) is 0 Å². The smallest absolute Gasteiger partial charge is 0.0233 e. The molecule has 0 spiro atoms. The number of hydrogen-bond donors (Lipinski definition) is 0. The van der Waals surface area contributed by atoms with Crippen LogP contribution in [0.5, 0.6) is 0 Å². The zero-order chi connectivity index (χ0) is 6.69. The fraction of sp³-hybridized carbons (Fsp3) is 0.111. The van der Waals surface area contributed by atoms with Crippen molar-refractivity contribution < 1.29 is 4.70 Å². The van der Waals surface area contributed by atoms with Crippen molar-refractivity contribution in [2.75, 3.05) is 0 Å². The van der Waals surface area contributed by atoms with E-state index in [9.17, 15) is 0 Å². The van der Waals surface area contributed by atoms with E-state index in [0.717, 1.165) is 5.57 Å². The molecule has 0 heterocycles. The summed E-state index contributed by atoms with van der Waals surface area (Å²) >= 11 is 0. The number of benzene rings is 1. The minimum absolute atomic E-state index is 0. The average molecular weight is 138 g/mol. The minimum atomic E-state index is 0. The molecule has 1 aromatic rings. The fourth-order valence-electron chi connectivity index (χ4n) is 0.723. The van der Waals surface area contributed by atoms with Crippen LogP contribution in [-0.2, 0) is 0 Å². The van der Waals surface area contributed by atoms with E-state index in [1.165, 1.54) is 5.56 Å². The summed E-state index contributed by atoms with van der Waals surface area (Å²) in [6.07, 6.45) is 0. The largest absolute Gasteiger partial charge is 0.269 e. The third-order valence-electron chi connectivity index (χ3n) is 1.27. The van der Waals surface area contributed by atoms with Crippen LogP contribution in [0.4, 0.5) is 4.70 Å². The van der Waals surface area contributed by atoms with Gasteiger partial charge in [0, 0.05) is 0 Å². The highest BCUT2D eigenvalue weighted by Gasteiger charge is 1.86. The molecule has 0 atom stereocenters. The molecule has 1 rings (SSSR count). The topological polar surface area (TPSA) is 0 Å². The summed E-state index contributed by atoms with van der Waals surface area (Å²) in [6.45, 7) is 5.83. The zero-order valence-electron chi connectivity index (χ0n) is 6.00. The summed E-state index contributed by atoms with van der Waals surface area (Å²) in [5.74, 6) is 0. The maximum Gasteiger partial charge on any atom is -0.0233 e. The summed E-state index contributed by atoms with van der Waals surface area (Å²) in [5.41, 5.74) is 2.34. The van der Waals surface area contributed by atoms with Gasteiger partial charge in [0.1, 0.15) is 0 Å². The van der Waals surface area contributed by atoms with Gasteiger partial charge in [-0.1, -0.05) is 42.5 Å². The maximum atomic E-state index is 3.83. The first-order chi connectivity index (χ1) is 4.30. The van der Waals surface area contributed by atoms with Crippen molar-refractivity contribution in [2.45, 2.75) is 6.92 Å². The van der Waals surface area contributed by atoms with Gasteiger partial charge in [0.15, 0.2) is 0 Å². The molecule has 1 heteroatoms. The Morgan fingerprint density at radius 3 is 2.00 bits per heavy atom. The van der Waals surface area contributed by atoms with Crippen LogP contribution < -0.4 is 0 Å². The molecule has 0 aliphatic rings. The van der Waals surface area contributed by atoms with Crippen LogP contribution in [0, 0.1) is 0 Å². The van der Waals surface area contributed by atoms with Gasteiger partial charge in [0.2, 0.25) is 0 Å². The van der Waals surface area contributed by atoms with Gasteiger partial charge in [-0.3, -0.25) is 4.70 Å². The number of halogens is 1. The van der Waals surface area contributed by atoms with Crippen molar-refractivity contribution in [3.05, 3.63) is 42.5 Å². The van der Waals surface area contributed by atoms with E-state index >= 15 is 0 Å². The van der Waals surface area contributed by atoms with Crippen LogP contribution in [0.1, 0.15) is 12.5 Å². The third kappa shape index (κ3) is 2.02. The number of hydrogen-bond acceptors (Lipinski definition) is 0. The van der Waals surface area contributed by atoms with Crippen molar-refractivity contribution in [2.24, 2.45) is 0 Å². The Hall–Kier alpha value is -1.11. The Balaban J connectivity index is 0.000000810. The summed E-state index contributed by atoms with van der Waals surface area (Å²) in [7, 11) is 0. The van der Waals surface area contributed by atoms with Crippen LogP contribution in [-0.4, -0.2) is 0 Å². The quantitative estimate of drug-likeness (QED) is 0.559. The second-order valence-corrected chi connectivity index (χ2v) is 2.15. The van der Waals surface area contributed by atoms with E-state index in [2.05, 4.69) is 18.7 Å². The number of allylic oxidation sites excluding steroid dienone is 1. The number of rotatable bonds is 1. The Kier molecular flexibility index (Phi) is 3.40. The van der Waals surface area contributed by atoms with Crippen molar-refractivity contribution in [3.63, 3.8) is 0 Å². The Bertz CT molecular complexity index is 201. The van der Waals surface area contributed by atoms with Gasteiger partial charge in [-0.2, -0.15) is 0 Å². The first kappa shape index (κ1) is 8.89. The molecule has 0 nitrogen and oxygen atoms in total. The molecule has 0 amide bonds. The van der Waals surface area contributed by atoms with Crippen LogP contribution in [0.25, 0.3) is 5.57 Å². The van der Waals surface area contributed by atoms with Gasteiger partial charge < -0.3 is 0 Å². The Morgan fingerprint density at radius 2 is 1.70 bits per heavy atom. The normalized spacial score (nSPS) is 8.10. The predicted molar refractivity (Wildman–Crippen MR) is 43.7 cm³/mol. The van der Waals surface area contributed by atoms with Gasteiger partial charge in [-0.15, -0.1) is 0 Å². The second-order valence-electron chi connectivity index (χ2n) is 2.15. The SMILES string of the molecule is C=C(C)c1ccccc1.F. The van der Waals surface area contributed by atoms with Gasteiger partial charge in [0.25, 0.3) is 0 Å². The lowest BCUT2D eigenvalue weighted by atomic mass is 10.1. The average Bonchev–Trinajstić information content (AvgIpc) is 1.90. The van der Waals surface area contributed by atoms with Crippen molar-refractivity contribution in [1.29, 1.82) is 0 Å². The molecule has 0 bridgehead atoms. The molecule has 0 aliphatic heterocycles. The molecule has 0 saturated heterocycles. The summed E-state index contributed by atoms with van der Waals surface area (Å²) in [6, 6.07) is 10.2. The highest BCUT2D eigenvalue weighted by Crippen LogP contribution is 2.08. The van der Waals surface area contributed by atoms with E-state index in [4.69, 9.17) is 0 Å². The fourth-order valence-corrected chi connectivity index (χ4v) is 0.723. The Morgan fingerprint density at radius 1 is 1.20 bits per heavy atom.